The van der Waals surface area contributed by atoms with Crippen molar-refractivity contribution in [3.8, 4) is 0 Å². The molecule has 1 aromatic heterocycles. The van der Waals surface area contributed by atoms with Crippen LogP contribution in [-0.4, -0.2) is 39.7 Å². The van der Waals surface area contributed by atoms with Crippen LogP contribution in [-0.2, 0) is 6.42 Å². The summed E-state index contributed by atoms with van der Waals surface area (Å²) < 4.78 is 0. The molecule has 7 nitrogen and oxygen atoms in total. The van der Waals surface area contributed by atoms with E-state index in [2.05, 4.69) is 51.9 Å². The molecule has 32 heavy (non-hydrogen) atoms. The highest BCUT2D eigenvalue weighted by Crippen LogP contribution is 2.24. The molecule has 3 rings (SSSR count). The van der Waals surface area contributed by atoms with E-state index in [0.717, 1.165) is 70.0 Å². The minimum atomic E-state index is -0.232. The van der Waals surface area contributed by atoms with Crippen molar-refractivity contribution >= 4 is 23.4 Å². The maximum atomic E-state index is 13.1. The molecule has 0 aliphatic heterocycles. The lowest BCUT2D eigenvalue weighted by Gasteiger charge is -2.27. The van der Waals surface area contributed by atoms with Crippen molar-refractivity contribution in [3.05, 3.63) is 41.6 Å². The van der Waals surface area contributed by atoms with Crippen molar-refractivity contribution in [3.63, 3.8) is 0 Å². The number of hydrogen-bond donors (Lipinski definition) is 4. The van der Waals surface area contributed by atoms with E-state index in [4.69, 9.17) is 0 Å². The van der Waals surface area contributed by atoms with Gasteiger partial charge in [-0.05, 0) is 62.6 Å². The molecule has 1 saturated carbocycles. The summed E-state index contributed by atoms with van der Waals surface area (Å²) in [6.45, 7) is 5.11. The van der Waals surface area contributed by atoms with Crippen LogP contribution in [0.5, 0.6) is 0 Å². The maximum Gasteiger partial charge on any atom is 0.260 e. The molecule has 1 aliphatic carbocycles. The number of nitrogens with zero attached hydrogens (tertiary/aromatic N) is 2. The number of aryl methyl sites for hydroxylation is 1. The van der Waals surface area contributed by atoms with Crippen LogP contribution in [0.25, 0.3) is 0 Å². The standard InChI is InChI=1S/C25H37N5O2/c1-3-5-7-18-8-10-20(11-9-18)29-24(32)22-17-27-25(26-16-6-4-2)30-23(22)28-19-12-14-21(31)15-13-19/h8-11,17,19,21,31H,3-7,12-16H2,1-2H3,(H,29,32)(H2,26,27,28,30). The van der Waals surface area contributed by atoms with E-state index in [-0.39, 0.29) is 18.1 Å². The first-order valence-corrected chi connectivity index (χ1v) is 12.0. The zero-order valence-electron chi connectivity index (χ0n) is 19.4. The van der Waals surface area contributed by atoms with Crippen LogP contribution in [0.15, 0.2) is 30.5 Å². The maximum absolute atomic E-state index is 13.1. The Hall–Kier alpha value is -2.67. The summed E-state index contributed by atoms with van der Waals surface area (Å²) >= 11 is 0. The van der Waals surface area contributed by atoms with Crippen LogP contribution in [0.1, 0.15) is 81.1 Å². The van der Waals surface area contributed by atoms with Gasteiger partial charge in [0.1, 0.15) is 11.4 Å². The zero-order valence-corrected chi connectivity index (χ0v) is 19.4. The number of nitrogens with one attached hydrogen (secondary N) is 3. The predicted octanol–water partition coefficient (Wildman–Crippen LogP) is 5.00. The molecule has 2 aromatic rings. The van der Waals surface area contributed by atoms with Crippen molar-refractivity contribution in [1.82, 2.24) is 9.97 Å². The Balaban J connectivity index is 1.72. The number of amides is 1. The van der Waals surface area contributed by atoms with Crippen molar-refractivity contribution in [2.75, 3.05) is 22.5 Å². The first-order valence-electron chi connectivity index (χ1n) is 12.0. The number of hydrogen-bond acceptors (Lipinski definition) is 6. The summed E-state index contributed by atoms with van der Waals surface area (Å²) in [6, 6.07) is 8.20. The number of carbonyl (C=O) groups excluding carboxylic acids is 1. The van der Waals surface area contributed by atoms with Crippen molar-refractivity contribution in [1.29, 1.82) is 0 Å². The second-order valence-electron chi connectivity index (χ2n) is 8.64. The monoisotopic (exact) mass is 439 g/mol. The number of rotatable bonds is 11. The molecule has 1 amide bonds. The molecule has 1 heterocycles. The lowest BCUT2D eigenvalue weighted by molar-refractivity contribution is 0.102. The Morgan fingerprint density at radius 1 is 1.06 bits per heavy atom. The van der Waals surface area contributed by atoms with Crippen LogP contribution in [0.2, 0.25) is 0 Å². The van der Waals surface area contributed by atoms with Gasteiger partial charge >= 0.3 is 0 Å². The highest BCUT2D eigenvalue weighted by Gasteiger charge is 2.22. The molecule has 7 heteroatoms. The fraction of sp³-hybridized carbons (Fsp3) is 0.560. The third kappa shape index (κ3) is 7.19. The highest BCUT2D eigenvalue weighted by atomic mass is 16.3. The highest BCUT2D eigenvalue weighted by molar-refractivity contribution is 6.07. The molecule has 0 spiro atoms. The smallest absolute Gasteiger partial charge is 0.260 e. The van der Waals surface area contributed by atoms with Crippen LogP contribution in [0.3, 0.4) is 0 Å². The summed E-state index contributed by atoms with van der Waals surface area (Å²) in [7, 11) is 0. The van der Waals surface area contributed by atoms with Gasteiger partial charge < -0.3 is 21.1 Å². The first-order chi connectivity index (χ1) is 15.6. The lowest BCUT2D eigenvalue weighted by atomic mass is 9.93. The second-order valence-corrected chi connectivity index (χ2v) is 8.64. The van der Waals surface area contributed by atoms with E-state index in [9.17, 15) is 9.90 Å². The van der Waals surface area contributed by atoms with E-state index in [0.29, 0.717) is 17.3 Å². The summed E-state index contributed by atoms with van der Waals surface area (Å²) in [5.41, 5.74) is 2.46. The van der Waals surface area contributed by atoms with Crippen LogP contribution in [0, 0.1) is 0 Å². The lowest BCUT2D eigenvalue weighted by Crippen LogP contribution is -2.30. The van der Waals surface area contributed by atoms with Gasteiger partial charge in [0.15, 0.2) is 0 Å². The Morgan fingerprint density at radius 3 is 2.47 bits per heavy atom. The van der Waals surface area contributed by atoms with Gasteiger partial charge in [-0.3, -0.25) is 4.79 Å². The van der Waals surface area contributed by atoms with Gasteiger partial charge in [-0.15, -0.1) is 0 Å². The van der Waals surface area contributed by atoms with Gasteiger partial charge in [0.05, 0.1) is 6.10 Å². The summed E-state index contributed by atoms with van der Waals surface area (Å²) in [5, 5.41) is 19.5. The molecule has 1 fully saturated rings. The fourth-order valence-corrected chi connectivity index (χ4v) is 3.87. The van der Waals surface area contributed by atoms with Gasteiger partial charge in [0.2, 0.25) is 5.95 Å². The molecule has 0 atom stereocenters. The van der Waals surface area contributed by atoms with Crippen molar-refractivity contribution in [2.24, 2.45) is 0 Å². The minimum absolute atomic E-state index is 0.182. The normalized spacial score (nSPS) is 18.2. The molecule has 1 aliphatic rings. The second kappa shape index (κ2) is 12.4. The molecular formula is C25H37N5O2. The van der Waals surface area contributed by atoms with Gasteiger partial charge in [0.25, 0.3) is 5.91 Å². The van der Waals surface area contributed by atoms with E-state index in [1.807, 2.05) is 12.1 Å². The molecule has 4 N–H and O–H groups in total. The zero-order chi connectivity index (χ0) is 22.8. The number of aliphatic hydroxyl groups excluding tert-OH is 1. The van der Waals surface area contributed by atoms with Crippen LogP contribution in [0.4, 0.5) is 17.5 Å². The van der Waals surface area contributed by atoms with Gasteiger partial charge in [-0.2, -0.15) is 4.98 Å². The van der Waals surface area contributed by atoms with Gasteiger partial charge in [0, 0.05) is 24.5 Å². The van der Waals surface area contributed by atoms with Crippen molar-refractivity contribution in [2.45, 2.75) is 83.8 Å². The predicted molar refractivity (Wildman–Crippen MR) is 130 cm³/mol. The molecule has 0 saturated heterocycles. The topological polar surface area (TPSA) is 99.2 Å². The van der Waals surface area contributed by atoms with Crippen LogP contribution < -0.4 is 16.0 Å². The summed E-state index contributed by atoms with van der Waals surface area (Å²) in [5.74, 6) is 0.829. The van der Waals surface area contributed by atoms with E-state index in [1.54, 1.807) is 6.20 Å². The first kappa shape index (κ1) is 24.0. The molecular weight excluding hydrogens is 402 g/mol. The minimum Gasteiger partial charge on any atom is -0.393 e. The van der Waals surface area contributed by atoms with E-state index < -0.39 is 0 Å². The molecule has 1 aromatic carbocycles. The average molecular weight is 440 g/mol. The Morgan fingerprint density at radius 2 is 1.78 bits per heavy atom. The molecule has 0 unspecified atom stereocenters. The third-order valence-electron chi connectivity index (χ3n) is 5.92. The largest absolute Gasteiger partial charge is 0.393 e. The quantitative estimate of drug-likeness (QED) is 0.368. The summed E-state index contributed by atoms with van der Waals surface area (Å²) in [4.78, 5) is 22.0. The fourth-order valence-electron chi connectivity index (χ4n) is 3.87. The Kier molecular flexibility index (Phi) is 9.28. The molecule has 0 bridgehead atoms. The molecule has 174 valence electrons. The number of aliphatic hydroxyl groups is 1. The van der Waals surface area contributed by atoms with Gasteiger partial charge in [-0.1, -0.05) is 38.8 Å². The molecule has 0 radical (unpaired) electrons. The number of aromatic nitrogens is 2. The van der Waals surface area contributed by atoms with Crippen molar-refractivity contribution < 1.29 is 9.90 Å². The SMILES string of the molecule is CCCCNc1ncc(C(=O)Nc2ccc(CCCC)cc2)c(NC2CCC(O)CC2)n1. The average Bonchev–Trinajstić information content (AvgIpc) is 2.80. The van der Waals surface area contributed by atoms with E-state index in [1.165, 1.54) is 5.56 Å². The number of benzene rings is 1. The third-order valence-corrected chi connectivity index (χ3v) is 5.92. The number of unbranched alkanes of at least 4 members (excludes halogenated alkanes) is 2. The summed E-state index contributed by atoms with van der Waals surface area (Å²) in [6.07, 6.45) is 10.1. The Bertz CT molecular complexity index is 848. The van der Waals surface area contributed by atoms with Crippen LogP contribution >= 0.6 is 0 Å². The Labute approximate surface area is 191 Å². The number of anilines is 3. The number of carbonyl (C=O) groups is 1. The van der Waals surface area contributed by atoms with E-state index >= 15 is 0 Å². The van der Waals surface area contributed by atoms with Gasteiger partial charge in [-0.25, -0.2) is 4.98 Å².